The molecule has 6 heteroatoms. The molecule has 2 N–H and O–H groups in total. The summed E-state index contributed by atoms with van der Waals surface area (Å²) in [4.78, 5) is 17.8. The number of halogens is 1. The van der Waals surface area contributed by atoms with Crippen molar-refractivity contribution in [3.05, 3.63) is 59.2 Å². The minimum atomic E-state index is 0. The van der Waals surface area contributed by atoms with Crippen molar-refractivity contribution >= 4 is 24.0 Å². The summed E-state index contributed by atoms with van der Waals surface area (Å²) in [5.74, 6) is 1.08. The normalized spacial score (nSPS) is 20.9. The summed E-state index contributed by atoms with van der Waals surface area (Å²) in [6, 6.07) is 14.3. The number of benzene rings is 2. The van der Waals surface area contributed by atoms with Gasteiger partial charge in [0.05, 0.1) is 19.6 Å². The highest BCUT2D eigenvalue weighted by Crippen LogP contribution is 2.41. The molecule has 0 bridgehead atoms. The predicted molar refractivity (Wildman–Crippen MR) is 123 cm³/mol. The van der Waals surface area contributed by atoms with E-state index in [0.717, 1.165) is 42.9 Å². The molecule has 1 amide bonds. The third kappa shape index (κ3) is 4.42. The number of anilines is 1. The molecule has 0 radical (unpaired) electrons. The van der Waals surface area contributed by atoms with Crippen molar-refractivity contribution in [2.24, 2.45) is 0 Å². The molecule has 0 aromatic heterocycles. The zero-order valence-corrected chi connectivity index (χ0v) is 18.7. The number of carbonyl (C=O) groups excluding carboxylic acids is 1. The molecule has 30 heavy (non-hydrogen) atoms. The molecular weight excluding hydrogens is 398 g/mol. The van der Waals surface area contributed by atoms with Gasteiger partial charge in [-0.3, -0.25) is 9.69 Å². The van der Waals surface area contributed by atoms with Gasteiger partial charge in [0.2, 0.25) is 5.91 Å². The lowest BCUT2D eigenvalue weighted by Crippen LogP contribution is -2.48. The van der Waals surface area contributed by atoms with Gasteiger partial charge in [-0.25, -0.2) is 0 Å². The van der Waals surface area contributed by atoms with Crippen LogP contribution < -0.4 is 10.5 Å². The number of carbonyl (C=O) groups is 1. The molecule has 1 heterocycles. The van der Waals surface area contributed by atoms with Gasteiger partial charge in [0.25, 0.3) is 0 Å². The largest absolute Gasteiger partial charge is 0.496 e. The number of likely N-dealkylation sites (tertiary alicyclic amines) is 1. The minimum Gasteiger partial charge on any atom is -0.496 e. The molecule has 5 nitrogen and oxygen atoms in total. The van der Waals surface area contributed by atoms with Crippen LogP contribution in [0, 0.1) is 0 Å². The Morgan fingerprint density at radius 2 is 1.87 bits per heavy atom. The van der Waals surface area contributed by atoms with Gasteiger partial charge < -0.3 is 15.4 Å². The topological polar surface area (TPSA) is 58.8 Å². The van der Waals surface area contributed by atoms with Gasteiger partial charge in [0.15, 0.2) is 0 Å². The van der Waals surface area contributed by atoms with Crippen molar-refractivity contribution < 1.29 is 9.53 Å². The predicted octanol–water partition coefficient (Wildman–Crippen LogP) is 3.85. The summed E-state index contributed by atoms with van der Waals surface area (Å²) in [6.07, 6.45) is 4.93. The fourth-order valence-corrected chi connectivity index (χ4v) is 4.99. The van der Waals surface area contributed by atoms with Crippen LogP contribution in [0.3, 0.4) is 0 Å². The maximum absolute atomic E-state index is 13.3. The number of amides is 1. The Hall–Kier alpha value is -2.24. The van der Waals surface area contributed by atoms with Crippen LogP contribution in [0.4, 0.5) is 5.69 Å². The Balaban J connectivity index is 0.00000256. The third-order valence-electron chi connectivity index (χ3n) is 6.52. The summed E-state index contributed by atoms with van der Waals surface area (Å²) in [6.45, 7) is 2.25. The van der Waals surface area contributed by atoms with E-state index in [-0.39, 0.29) is 24.4 Å². The number of nitrogens with two attached hydrogens (primary N) is 1. The Morgan fingerprint density at radius 1 is 1.17 bits per heavy atom. The van der Waals surface area contributed by atoms with Crippen LogP contribution >= 0.6 is 12.4 Å². The second-order valence-corrected chi connectivity index (χ2v) is 8.24. The lowest BCUT2D eigenvalue weighted by atomic mass is 9.81. The number of hydrogen-bond acceptors (Lipinski definition) is 4. The number of nitrogens with zero attached hydrogens (tertiary/aromatic N) is 2. The number of likely N-dealkylation sites (N-methyl/N-ethyl adjacent to an activating group) is 1. The first-order chi connectivity index (χ1) is 14.1. The van der Waals surface area contributed by atoms with Crippen molar-refractivity contribution in [2.75, 3.05) is 33.0 Å². The highest BCUT2D eigenvalue weighted by atomic mass is 35.5. The van der Waals surface area contributed by atoms with E-state index in [2.05, 4.69) is 17.0 Å². The van der Waals surface area contributed by atoms with Gasteiger partial charge in [0.1, 0.15) is 5.75 Å². The molecule has 1 aliphatic carbocycles. The number of hydrogen-bond donors (Lipinski definition) is 1. The van der Waals surface area contributed by atoms with Gasteiger partial charge in [-0.05, 0) is 73.7 Å². The van der Waals surface area contributed by atoms with Crippen LogP contribution in [0.15, 0.2) is 42.5 Å². The SMILES string of the molecule is COc1cccc2c1CC[C@H](N1CCCC1)[C@H]2N(C)C(=O)Cc1ccc(N)cc1.Cl. The molecular formula is C24H32ClN3O2. The van der Waals surface area contributed by atoms with Crippen molar-refractivity contribution in [3.63, 3.8) is 0 Å². The van der Waals surface area contributed by atoms with E-state index in [9.17, 15) is 4.79 Å². The van der Waals surface area contributed by atoms with Crippen LogP contribution in [0.25, 0.3) is 0 Å². The number of fused-ring (bicyclic) bond motifs is 1. The fourth-order valence-electron chi connectivity index (χ4n) is 4.99. The summed E-state index contributed by atoms with van der Waals surface area (Å²) in [5, 5.41) is 0. The van der Waals surface area contributed by atoms with Crippen molar-refractivity contribution in [3.8, 4) is 5.75 Å². The van der Waals surface area contributed by atoms with Gasteiger partial charge in [-0.1, -0.05) is 24.3 Å². The standard InChI is InChI=1S/C24H31N3O2.ClH/c1-26(23(28)16-17-8-10-18(25)11-9-17)24-20-6-5-7-22(29-2)19(20)12-13-21(24)27-14-3-4-15-27;/h5-11,21,24H,3-4,12-16,25H2,1-2H3;1H/t21-,24-;/m0./s1. The lowest BCUT2D eigenvalue weighted by molar-refractivity contribution is -0.133. The van der Waals surface area contributed by atoms with Crippen molar-refractivity contribution in [1.29, 1.82) is 0 Å². The molecule has 1 fully saturated rings. The van der Waals surface area contributed by atoms with Crippen molar-refractivity contribution in [2.45, 2.75) is 44.2 Å². The molecule has 0 unspecified atom stereocenters. The quantitative estimate of drug-likeness (QED) is 0.733. The zero-order chi connectivity index (χ0) is 20.4. The molecule has 1 aliphatic heterocycles. The third-order valence-corrected chi connectivity index (χ3v) is 6.52. The van der Waals surface area contributed by atoms with Crippen LogP contribution in [0.5, 0.6) is 5.75 Å². The number of ether oxygens (including phenoxy) is 1. The van der Waals surface area contributed by atoms with Crippen LogP contribution in [0.2, 0.25) is 0 Å². The number of nitrogen functional groups attached to an aromatic ring is 1. The zero-order valence-electron chi connectivity index (χ0n) is 17.8. The van der Waals surface area contributed by atoms with Crippen molar-refractivity contribution in [1.82, 2.24) is 9.80 Å². The van der Waals surface area contributed by atoms with Gasteiger partial charge in [-0.2, -0.15) is 0 Å². The highest BCUT2D eigenvalue weighted by molar-refractivity contribution is 5.85. The molecule has 4 rings (SSSR count). The first-order valence-electron chi connectivity index (χ1n) is 10.6. The Morgan fingerprint density at radius 3 is 2.53 bits per heavy atom. The average molecular weight is 430 g/mol. The summed E-state index contributed by atoms with van der Waals surface area (Å²) >= 11 is 0. The molecule has 2 atom stereocenters. The molecule has 162 valence electrons. The second kappa shape index (κ2) is 9.71. The van der Waals surface area contributed by atoms with E-state index in [4.69, 9.17) is 10.5 Å². The summed E-state index contributed by atoms with van der Waals surface area (Å²) in [5.41, 5.74) is 9.99. The average Bonchev–Trinajstić information content (AvgIpc) is 3.28. The van der Waals surface area contributed by atoms with Crippen LogP contribution in [-0.2, 0) is 17.6 Å². The highest BCUT2D eigenvalue weighted by Gasteiger charge is 2.39. The van der Waals surface area contributed by atoms with E-state index in [1.807, 2.05) is 42.3 Å². The van der Waals surface area contributed by atoms with E-state index in [1.165, 1.54) is 24.0 Å². The fraction of sp³-hybridized carbons (Fsp3) is 0.458. The summed E-state index contributed by atoms with van der Waals surface area (Å²) < 4.78 is 5.64. The van der Waals surface area contributed by atoms with E-state index < -0.39 is 0 Å². The first-order valence-corrected chi connectivity index (χ1v) is 10.6. The molecule has 0 spiro atoms. The minimum absolute atomic E-state index is 0. The summed E-state index contributed by atoms with van der Waals surface area (Å²) in [7, 11) is 3.69. The maximum atomic E-state index is 13.3. The maximum Gasteiger partial charge on any atom is 0.227 e. The molecule has 2 aromatic rings. The number of rotatable bonds is 5. The van der Waals surface area contributed by atoms with Gasteiger partial charge in [0, 0.05) is 18.8 Å². The van der Waals surface area contributed by atoms with Crippen LogP contribution in [0.1, 0.15) is 42.0 Å². The molecule has 0 saturated carbocycles. The number of methoxy groups -OCH3 is 1. The second-order valence-electron chi connectivity index (χ2n) is 8.24. The Bertz CT molecular complexity index is 865. The monoisotopic (exact) mass is 429 g/mol. The lowest BCUT2D eigenvalue weighted by Gasteiger charge is -2.44. The smallest absolute Gasteiger partial charge is 0.227 e. The molecule has 2 aromatic carbocycles. The van der Waals surface area contributed by atoms with E-state index in [0.29, 0.717) is 12.5 Å². The Labute approximate surface area is 185 Å². The van der Waals surface area contributed by atoms with E-state index in [1.54, 1.807) is 7.11 Å². The first kappa shape index (κ1) is 22.4. The van der Waals surface area contributed by atoms with E-state index >= 15 is 0 Å². The molecule has 2 aliphatic rings. The van der Waals surface area contributed by atoms with Crippen LogP contribution in [-0.4, -0.2) is 49.0 Å². The van der Waals surface area contributed by atoms with Gasteiger partial charge >= 0.3 is 0 Å². The molecule has 1 saturated heterocycles. The van der Waals surface area contributed by atoms with Gasteiger partial charge in [-0.15, -0.1) is 12.4 Å². The Kier molecular flexibility index (Phi) is 7.27.